The molecule has 3 aromatic rings. The molecule has 1 aliphatic heterocycles. The lowest BCUT2D eigenvalue weighted by Gasteiger charge is -2.12. The maximum absolute atomic E-state index is 4.27. The lowest BCUT2D eigenvalue weighted by molar-refractivity contribution is 0.698. The molecule has 3 heterocycles. The second kappa shape index (κ2) is 5.05. The molecule has 2 aromatic heterocycles. The van der Waals surface area contributed by atoms with Gasteiger partial charge in [-0.3, -0.25) is 0 Å². The van der Waals surface area contributed by atoms with Gasteiger partial charge in [-0.1, -0.05) is 18.2 Å². The molecule has 1 aliphatic rings. The Morgan fingerprint density at radius 2 is 2.14 bits per heavy atom. The highest BCUT2D eigenvalue weighted by molar-refractivity contribution is 5.81. The van der Waals surface area contributed by atoms with Crippen LogP contribution in [-0.4, -0.2) is 32.5 Å². The largest absolute Gasteiger partial charge is 0.382 e. The van der Waals surface area contributed by atoms with Crippen molar-refractivity contribution in [3.8, 4) is 0 Å². The number of benzene rings is 1. The zero-order chi connectivity index (χ0) is 14.1. The van der Waals surface area contributed by atoms with Crippen molar-refractivity contribution in [2.24, 2.45) is 0 Å². The highest BCUT2D eigenvalue weighted by atomic mass is 15.1. The molecule has 0 amide bonds. The van der Waals surface area contributed by atoms with Gasteiger partial charge in [0.1, 0.15) is 11.8 Å². The molecule has 0 radical (unpaired) electrons. The Balaban J connectivity index is 1.38. The van der Waals surface area contributed by atoms with Crippen LogP contribution in [0.1, 0.15) is 12.0 Å². The van der Waals surface area contributed by atoms with Crippen LogP contribution in [0, 0.1) is 0 Å². The molecule has 1 aromatic carbocycles. The number of imidazole rings is 1. The quantitative estimate of drug-likeness (QED) is 0.683. The molecular formula is C15H16N6. The van der Waals surface area contributed by atoms with Crippen LogP contribution >= 0.6 is 0 Å². The fourth-order valence-electron chi connectivity index (χ4n) is 2.81. The average molecular weight is 280 g/mol. The molecule has 0 spiro atoms. The van der Waals surface area contributed by atoms with E-state index in [4.69, 9.17) is 0 Å². The van der Waals surface area contributed by atoms with Gasteiger partial charge in [0.2, 0.25) is 0 Å². The van der Waals surface area contributed by atoms with Crippen molar-refractivity contribution >= 4 is 22.7 Å². The number of hydrogen-bond donors (Lipinski definition) is 3. The van der Waals surface area contributed by atoms with E-state index in [0.717, 1.165) is 30.7 Å². The Morgan fingerprint density at radius 3 is 3.10 bits per heavy atom. The molecule has 0 fully saturated rings. The van der Waals surface area contributed by atoms with Crippen molar-refractivity contribution in [3.05, 3.63) is 42.5 Å². The van der Waals surface area contributed by atoms with Crippen LogP contribution in [0.15, 0.2) is 36.9 Å². The van der Waals surface area contributed by atoms with E-state index in [1.165, 1.54) is 17.6 Å². The Kier molecular flexibility index (Phi) is 2.92. The van der Waals surface area contributed by atoms with Crippen LogP contribution in [0.4, 0.5) is 11.5 Å². The topological polar surface area (TPSA) is 78.5 Å². The third-order valence-corrected chi connectivity index (χ3v) is 3.85. The van der Waals surface area contributed by atoms with Crippen molar-refractivity contribution < 1.29 is 0 Å². The first kappa shape index (κ1) is 12.1. The first-order valence-corrected chi connectivity index (χ1v) is 7.12. The summed E-state index contributed by atoms with van der Waals surface area (Å²) < 4.78 is 0. The molecule has 21 heavy (non-hydrogen) atoms. The average Bonchev–Trinajstić information content (AvgIpc) is 3.13. The third-order valence-electron chi connectivity index (χ3n) is 3.85. The molecule has 6 nitrogen and oxygen atoms in total. The smallest absolute Gasteiger partial charge is 0.182 e. The molecular weight excluding hydrogens is 264 g/mol. The van der Waals surface area contributed by atoms with E-state index >= 15 is 0 Å². The van der Waals surface area contributed by atoms with Crippen LogP contribution in [0.25, 0.3) is 11.2 Å². The van der Waals surface area contributed by atoms with E-state index in [1.54, 1.807) is 6.33 Å². The number of fused-ring (bicyclic) bond motifs is 2. The van der Waals surface area contributed by atoms with Crippen molar-refractivity contribution in [1.29, 1.82) is 0 Å². The fraction of sp³-hybridized carbons (Fsp3) is 0.267. The number of rotatable bonds is 4. The van der Waals surface area contributed by atoms with Gasteiger partial charge in [-0.25, -0.2) is 15.0 Å². The summed E-state index contributed by atoms with van der Waals surface area (Å²) in [5.74, 6) is 0.813. The summed E-state index contributed by atoms with van der Waals surface area (Å²) in [4.78, 5) is 15.6. The summed E-state index contributed by atoms with van der Waals surface area (Å²) >= 11 is 0. The van der Waals surface area contributed by atoms with Gasteiger partial charge in [0.05, 0.1) is 6.33 Å². The van der Waals surface area contributed by atoms with Gasteiger partial charge in [-0.2, -0.15) is 0 Å². The van der Waals surface area contributed by atoms with Crippen molar-refractivity contribution in [2.45, 2.75) is 18.9 Å². The SMILES string of the molecule is c1ccc2c(c1)CC(CCNc1ncnc3nc[nH]c13)N2. The Labute approximate surface area is 122 Å². The summed E-state index contributed by atoms with van der Waals surface area (Å²) in [5, 5.41) is 6.93. The second-order valence-corrected chi connectivity index (χ2v) is 5.24. The summed E-state index contributed by atoms with van der Waals surface area (Å²) in [5.41, 5.74) is 4.22. The van der Waals surface area contributed by atoms with Crippen LogP contribution in [0.5, 0.6) is 0 Å². The first-order valence-electron chi connectivity index (χ1n) is 7.12. The first-order chi connectivity index (χ1) is 10.4. The number of nitrogens with one attached hydrogen (secondary N) is 3. The molecule has 1 atom stereocenters. The highest BCUT2D eigenvalue weighted by Crippen LogP contribution is 2.26. The number of anilines is 2. The van der Waals surface area contributed by atoms with Gasteiger partial charge in [0, 0.05) is 18.3 Å². The van der Waals surface area contributed by atoms with Crippen LogP contribution in [0.2, 0.25) is 0 Å². The van der Waals surface area contributed by atoms with Crippen molar-refractivity contribution in [2.75, 3.05) is 17.2 Å². The molecule has 0 saturated carbocycles. The minimum atomic E-state index is 0.481. The molecule has 4 rings (SSSR count). The summed E-state index contributed by atoms with van der Waals surface area (Å²) in [6, 6.07) is 8.98. The number of aromatic nitrogens is 4. The second-order valence-electron chi connectivity index (χ2n) is 5.24. The van der Waals surface area contributed by atoms with Gasteiger partial charge >= 0.3 is 0 Å². The molecule has 0 bridgehead atoms. The van der Waals surface area contributed by atoms with E-state index in [1.807, 2.05) is 0 Å². The van der Waals surface area contributed by atoms with Gasteiger partial charge in [0.15, 0.2) is 11.5 Å². The van der Waals surface area contributed by atoms with E-state index < -0.39 is 0 Å². The summed E-state index contributed by atoms with van der Waals surface area (Å²) in [7, 11) is 0. The predicted molar refractivity (Wildman–Crippen MR) is 82.3 cm³/mol. The maximum atomic E-state index is 4.27. The minimum Gasteiger partial charge on any atom is -0.382 e. The van der Waals surface area contributed by atoms with Crippen LogP contribution < -0.4 is 10.6 Å². The maximum Gasteiger partial charge on any atom is 0.182 e. The molecule has 0 aliphatic carbocycles. The minimum absolute atomic E-state index is 0.481. The molecule has 1 unspecified atom stereocenters. The van der Waals surface area contributed by atoms with E-state index in [-0.39, 0.29) is 0 Å². The number of hydrogen-bond acceptors (Lipinski definition) is 5. The molecule has 0 saturated heterocycles. The van der Waals surface area contributed by atoms with Crippen LogP contribution in [-0.2, 0) is 6.42 Å². The molecule has 106 valence electrons. The van der Waals surface area contributed by atoms with Crippen molar-refractivity contribution in [1.82, 2.24) is 19.9 Å². The Hall–Kier alpha value is -2.63. The standard InChI is InChI=1S/C15H16N6/c1-2-4-12-10(3-1)7-11(21-12)5-6-16-14-13-15(18-8-17-13)20-9-19-14/h1-4,8-9,11,21H,5-7H2,(H2,16,17,18,19,20). The van der Waals surface area contributed by atoms with Gasteiger partial charge < -0.3 is 15.6 Å². The number of nitrogens with zero attached hydrogens (tertiary/aromatic N) is 3. The van der Waals surface area contributed by atoms with Gasteiger partial charge in [-0.05, 0) is 24.5 Å². The zero-order valence-electron chi connectivity index (χ0n) is 11.5. The monoisotopic (exact) mass is 280 g/mol. The highest BCUT2D eigenvalue weighted by Gasteiger charge is 2.19. The van der Waals surface area contributed by atoms with Crippen LogP contribution in [0.3, 0.4) is 0 Å². The summed E-state index contributed by atoms with van der Waals surface area (Å²) in [6.07, 6.45) is 5.30. The Bertz CT molecular complexity index is 740. The number of aromatic amines is 1. The third kappa shape index (κ3) is 2.29. The normalized spacial score (nSPS) is 16.7. The number of para-hydroxylation sites is 1. The molecule has 3 N–H and O–H groups in total. The van der Waals surface area contributed by atoms with E-state index in [9.17, 15) is 0 Å². The molecule has 6 heteroatoms. The van der Waals surface area contributed by atoms with Gasteiger partial charge in [-0.15, -0.1) is 0 Å². The lowest BCUT2D eigenvalue weighted by Crippen LogP contribution is -2.20. The fourth-order valence-corrected chi connectivity index (χ4v) is 2.81. The number of H-pyrrole nitrogens is 1. The summed E-state index contributed by atoms with van der Waals surface area (Å²) in [6.45, 7) is 0.858. The van der Waals surface area contributed by atoms with E-state index in [2.05, 4.69) is 54.8 Å². The van der Waals surface area contributed by atoms with E-state index in [0.29, 0.717) is 11.7 Å². The zero-order valence-corrected chi connectivity index (χ0v) is 11.5. The lowest BCUT2D eigenvalue weighted by atomic mass is 10.1. The predicted octanol–water partition coefficient (Wildman–Crippen LogP) is 2.19. The van der Waals surface area contributed by atoms with Crippen molar-refractivity contribution in [3.63, 3.8) is 0 Å². The van der Waals surface area contributed by atoms with Gasteiger partial charge in [0.25, 0.3) is 0 Å². The Morgan fingerprint density at radius 1 is 1.19 bits per heavy atom.